The van der Waals surface area contributed by atoms with E-state index in [1.165, 1.54) is 5.57 Å². The Morgan fingerprint density at radius 2 is 2.11 bits per heavy atom. The normalized spacial score (nSPS) is 47.3. The van der Waals surface area contributed by atoms with Gasteiger partial charge in [0.15, 0.2) is 5.78 Å². The van der Waals surface area contributed by atoms with Crippen molar-refractivity contribution in [2.75, 3.05) is 6.61 Å². The second-order valence-corrected chi connectivity index (χ2v) is 10.3. The van der Waals surface area contributed by atoms with Gasteiger partial charge in [0, 0.05) is 17.9 Å². The molecule has 7 atom stereocenters. The minimum Gasteiger partial charge on any atom is -0.396 e. The molecule has 5 aliphatic rings. The Bertz CT molecular complexity index is 734. The molecule has 5 aliphatic carbocycles. The number of fused-ring (bicyclic) bond motifs is 3. The van der Waals surface area contributed by atoms with Gasteiger partial charge in [0.1, 0.15) is 0 Å². The molecule has 148 valence electrons. The molecule has 3 heteroatoms. The van der Waals surface area contributed by atoms with Gasteiger partial charge >= 0.3 is 0 Å². The van der Waals surface area contributed by atoms with E-state index in [0.29, 0.717) is 35.9 Å². The van der Waals surface area contributed by atoms with Crippen LogP contribution in [-0.2, 0) is 4.79 Å². The Morgan fingerprint density at radius 1 is 1.30 bits per heavy atom. The predicted octanol–water partition coefficient (Wildman–Crippen LogP) is 4.19. The Balaban J connectivity index is 1.47. The highest BCUT2D eigenvalue weighted by atomic mass is 16.3. The van der Waals surface area contributed by atoms with Crippen LogP contribution >= 0.6 is 0 Å². The fourth-order valence-electron chi connectivity index (χ4n) is 8.00. The summed E-state index contributed by atoms with van der Waals surface area (Å²) in [7, 11) is 0. The number of rotatable bonds is 5. The standard InChI is InChI=1S/C24H34O3/c1-3-5-14-10-16-15(12-20(14)26)11-17-18-13-23(2)19(22(17)21(16)18)6-8-24(23,27)7-4-9-25/h12,14,17-19,22,25,27H,3-11,13H2,1-2H3/t14?,17?,18-,19+,22+,23+,24+/m1/s1. The van der Waals surface area contributed by atoms with Crippen LogP contribution in [-0.4, -0.2) is 28.2 Å². The van der Waals surface area contributed by atoms with E-state index in [-0.39, 0.29) is 17.9 Å². The van der Waals surface area contributed by atoms with Crippen LogP contribution in [0, 0.1) is 35.0 Å². The van der Waals surface area contributed by atoms with Gasteiger partial charge in [-0.2, -0.15) is 0 Å². The molecule has 3 saturated carbocycles. The molecule has 2 N–H and O–H groups in total. The van der Waals surface area contributed by atoms with Crippen LogP contribution in [0.4, 0.5) is 0 Å². The van der Waals surface area contributed by atoms with Crippen molar-refractivity contribution < 1.29 is 15.0 Å². The van der Waals surface area contributed by atoms with Crippen molar-refractivity contribution in [3.63, 3.8) is 0 Å². The maximum absolute atomic E-state index is 12.5. The molecule has 0 aromatic heterocycles. The summed E-state index contributed by atoms with van der Waals surface area (Å²) in [5, 5.41) is 20.8. The van der Waals surface area contributed by atoms with E-state index in [1.807, 2.05) is 6.08 Å². The summed E-state index contributed by atoms with van der Waals surface area (Å²) in [6.45, 7) is 4.69. The topological polar surface area (TPSA) is 57.5 Å². The van der Waals surface area contributed by atoms with Gasteiger partial charge in [-0.1, -0.05) is 25.8 Å². The molecular weight excluding hydrogens is 336 g/mol. The number of hydrogen-bond acceptors (Lipinski definition) is 3. The molecule has 3 fully saturated rings. The van der Waals surface area contributed by atoms with E-state index >= 15 is 0 Å². The van der Waals surface area contributed by atoms with E-state index in [1.54, 1.807) is 11.1 Å². The molecule has 0 saturated heterocycles. The first-order valence-corrected chi connectivity index (χ1v) is 11.2. The van der Waals surface area contributed by atoms with Gasteiger partial charge in [-0.15, -0.1) is 0 Å². The van der Waals surface area contributed by atoms with Crippen LogP contribution in [0.1, 0.15) is 71.6 Å². The average molecular weight is 371 g/mol. The van der Waals surface area contributed by atoms with Crippen LogP contribution in [0.5, 0.6) is 0 Å². The molecule has 0 radical (unpaired) electrons. The zero-order valence-corrected chi connectivity index (χ0v) is 16.8. The summed E-state index contributed by atoms with van der Waals surface area (Å²) in [6, 6.07) is 0. The zero-order chi connectivity index (χ0) is 19.0. The largest absolute Gasteiger partial charge is 0.396 e. The van der Waals surface area contributed by atoms with Crippen molar-refractivity contribution in [1.82, 2.24) is 0 Å². The Hall–Kier alpha value is -0.930. The quantitative estimate of drug-likeness (QED) is 0.763. The van der Waals surface area contributed by atoms with Crippen molar-refractivity contribution in [3.05, 3.63) is 22.8 Å². The van der Waals surface area contributed by atoms with Crippen LogP contribution in [0.2, 0.25) is 0 Å². The van der Waals surface area contributed by atoms with Gasteiger partial charge in [-0.25, -0.2) is 0 Å². The monoisotopic (exact) mass is 370 g/mol. The van der Waals surface area contributed by atoms with Crippen molar-refractivity contribution in [2.45, 2.75) is 77.2 Å². The second-order valence-electron chi connectivity index (χ2n) is 10.3. The fourth-order valence-corrected chi connectivity index (χ4v) is 8.00. The number of carbonyl (C=O) groups excluding carboxylic acids is 1. The summed E-state index contributed by atoms with van der Waals surface area (Å²) in [5.74, 6) is 3.16. The van der Waals surface area contributed by atoms with E-state index in [2.05, 4.69) is 13.8 Å². The second kappa shape index (κ2) is 6.03. The average Bonchev–Trinajstić information content (AvgIpc) is 2.92. The van der Waals surface area contributed by atoms with Gasteiger partial charge in [0.05, 0.1) is 5.60 Å². The number of allylic oxidation sites excluding steroid dienone is 4. The predicted molar refractivity (Wildman–Crippen MR) is 105 cm³/mol. The molecule has 27 heavy (non-hydrogen) atoms. The first kappa shape index (κ1) is 18.1. The molecule has 0 spiro atoms. The first-order valence-electron chi connectivity index (χ1n) is 11.2. The third-order valence-electron chi connectivity index (χ3n) is 9.31. The van der Waals surface area contributed by atoms with Crippen LogP contribution in [0.15, 0.2) is 22.8 Å². The van der Waals surface area contributed by atoms with Crippen LogP contribution in [0.3, 0.4) is 0 Å². The molecule has 0 aromatic rings. The highest BCUT2D eigenvalue weighted by Gasteiger charge is 2.69. The molecule has 0 aliphatic heterocycles. The fraction of sp³-hybridized carbons (Fsp3) is 0.792. The molecule has 3 nitrogen and oxygen atoms in total. The lowest BCUT2D eigenvalue weighted by Crippen LogP contribution is -2.62. The summed E-state index contributed by atoms with van der Waals surface area (Å²) >= 11 is 0. The Labute approximate surface area is 162 Å². The Morgan fingerprint density at radius 3 is 2.85 bits per heavy atom. The number of hydrogen-bond donors (Lipinski definition) is 2. The summed E-state index contributed by atoms with van der Waals surface area (Å²) in [5.41, 5.74) is 4.02. The summed E-state index contributed by atoms with van der Waals surface area (Å²) in [4.78, 5) is 12.5. The third-order valence-corrected chi connectivity index (χ3v) is 9.31. The molecule has 4 bridgehead atoms. The van der Waals surface area contributed by atoms with Crippen molar-refractivity contribution in [1.29, 1.82) is 0 Å². The lowest BCUT2D eigenvalue weighted by Gasteiger charge is -2.67. The summed E-state index contributed by atoms with van der Waals surface area (Å²) in [6.07, 6.45) is 10.7. The van der Waals surface area contributed by atoms with Gasteiger partial charge in [0.25, 0.3) is 0 Å². The number of aliphatic hydroxyl groups is 2. The number of aliphatic hydroxyl groups excluding tert-OH is 1. The highest BCUT2D eigenvalue weighted by Crippen LogP contribution is 2.75. The van der Waals surface area contributed by atoms with E-state index in [4.69, 9.17) is 0 Å². The first-order chi connectivity index (χ1) is 12.9. The smallest absolute Gasteiger partial charge is 0.159 e. The minimum atomic E-state index is -0.594. The van der Waals surface area contributed by atoms with Crippen molar-refractivity contribution in [3.8, 4) is 0 Å². The van der Waals surface area contributed by atoms with Gasteiger partial charge in [-0.05, 0) is 92.3 Å². The van der Waals surface area contributed by atoms with Gasteiger partial charge in [-0.3, -0.25) is 4.79 Å². The maximum Gasteiger partial charge on any atom is 0.159 e. The van der Waals surface area contributed by atoms with Gasteiger partial charge < -0.3 is 10.2 Å². The third kappa shape index (κ3) is 2.25. The SMILES string of the molecule is CCCC1CC2=C3[C@@H]4C[C@@]5(C)[C@@H](CC[C@@]5(O)CCCO)[C@@H]3C4CC2=CC1=O. The molecule has 0 aromatic carbocycles. The lowest BCUT2D eigenvalue weighted by atomic mass is 9.38. The zero-order valence-electron chi connectivity index (χ0n) is 16.8. The van der Waals surface area contributed by atoms with Crippen molar-refractivity contribution >= 4 is 5.78 Å². The van der Waals surface area contributed by atoms with E-state index in [0.717, 1.165) is 51.4 Å². The molecule has 0 heterocycles. The molecule has 2 unspecified atom stereocenters. The minimum absolute atomic E-state index is 0.00653. The number of ketones is 1. The van der Waals surface area contributed by atoms with Gasteiger partial charge in [0.2, 0.25) is 0 Å². The molecule has 0 amide bonds. The lowest BCUT2D eigenvalue weighted by molar-refractivity contribution is -0.149. The van der Waals surface area contributed by atoms with Crippen molar-refractivity contribution in [2.24, 2.45) is 35.0 Å². The van der Waals surface area contributed by atoms with Crippen LogP contribution < -0.4 is 0 Å². The molecular formula is C24H34O3. The van der Waals surface area contributed by atoms with Crippen LogP contribution in [0.25, 0.3) is 0 Å². The molecule has 5 rings (SSSR count). The van der Waals surface area contributed by atoms with E-state index < -0.39 is 5.60 Å². The summed E-state index contributed by atoms with van der Waals surface area (Å²) < 4.78 is 0. The highest BCUT2D eigenvalue weighted by molar-refractivity contribution is 5.95. The maximum atomic E-state index is 12.5. The Kier molecular flexibility index (Phi) is 4.05. The number of carbonyl (C=O) groups is 1. The van der Waals surface area contributed by atoms with E-state index in [9.17, 15) is 15.0 Å².